The minimum Gasteiger partial charge on any atom is -0.492 e. The molecule has 1 aromatic heterocycles. The van der Waals surface area contributed by atoms with Crippen molar-refractivity contribution < 1.29 is 9.47 Å². The van der Waals surface area contributed by atoms with E-state index in [0.717, 1.165) is 38.6 Å². The molecule has 1 aliphatic heterocycles. The lowest BCUT2D eigenvalue weighted by Gasteiger charge is -2.26. The molecule has 0 saturated carbocycles. The average Bonchev–Trinajstić information content (AvgIpc) is 3.30. The van der Waals surface area contributed by atoms with Crippen LogP contribution in [0.4, 0.5) is 0 Å². The van der Waals surface area contributed by atoms with Crippen molar-refractivity contribution in [3.63, 3.8) is 0 Å². The van der Waals surface area contributed by atoms with Crippen molar-refractivity contribution in [2.75, 3.05) is 45.7 Å². The van der Waals surface area contributed by atoms with E-state index in [1.54, 1.807) is 0 Å². The highest BCUT2D eigenvalue weighted by Crippen LogP contribution is 2.39. The van der Waals surface area contributed by atoms with Gasteiger partial charge in [0.2, 0.25) is 0 Å². The van der Waals surface area contributed by atoms with Crippen molar-refractivity contribution in [2.24, 2.45) is 0 Å². The number of ether oxygens (including phenoxy) is 2. The molecule has 0 amide bonds. The lowest BCUT2D eigenvalue weighted by atomic mass is 9.90. The smallest absolute Gasteiger partial charge is 0.119 e. The van der Waals surface area contributed by atoms with E-state index in [2.05, 4.69) is 77.2 Å². The molecule has 0 spiro atoms. The summed E-state index contributed by atoms with van der Waals surface area (Å²) in [5, 5.41) is 2.16. The summed E-state index contributed by atoms with van der Waals surface area (Å²) in [4.78, 5) is 5.09. The Balaban J connectivity index is 1.48. The van der Waals surface area contributed by atoms with Gasteiger partial charge in [-0.1, -0.05) is 36.4 Å². The van der Waals surface area contributed by atoms with Crippen LogP contribution in [0.2, 0.25) is 0 Å². The summed E-state index contributed by atoms with van der Waals surface area (Å²) >= 11 is 3.63. The van der Waals surface area contributed by atoms with Gasteiger partial charge in [0.05, 0.1) is 13.2 Å². The standard InChI is InChI=1S/C24H27NO2S2/c1-28-22-6-3-2-5-21(22)24(23-7-4-18-29-23)19-8-10-20(11-9-19)27-17-14-25-12-15-26-16-13-25/h2-11,18,24H,12-17H2,1H3. The third-order valence-electron chi connectivity index (χ3n) is 5.27. The fraction of sp³-hybridized carbons (Fsp3) is 0.333. The Hall–Kier alpha value is -1.79. The number of morpholine rings is 1. The molecule has 1 unspecified atom stereocenters. The minimum atomic E-state index is 0.251. The predicted octanol–water partition coefficient (Wildman–Crippen LogP) is 5.36. The van der Waals surface area contributed by atoms with Gasteiger partial charge in [0, 0.05) is 35.3 Å². The molecule has 1 aliphatic rings. The molecule has 0 bridgehead atoms. The zero-order valence-corrected chi connectivity index (χ0v) is 18.4. The summed E-state index contributed by atoms with van der Waals surface area (Å²) in [6, 6.07) is 21.7. The molecule has 152 valence electrons. The minimum absolute atomic E-state index is 0.251. The predicted molar refractivity (Wildman–Crippen MR) is 123 cm³/mol. The number of hydrogen-bond donors (Lipinski definition) is 0. The summed E-state index contributed by atoms with van der Waals surface area (Å²) in [5.41, 5.74) is 2.66. The third kappa shape index (κ3) is 5.23. The number of hydrogen-bond acceptors (Lipinski definition) is 5. The van der Waals surface area contributed by atoms with Crippen LogP contribution in [0, 0.1) is 0 Å². The molecule has 2 heterocycles. The van der Waals surface area contributed by atoms with Crippen LogP contribution < -0.4 is 4.74 Å². The highest BCUT2D eigenvalue weighted by Gasteiger charge is 2.20. The summed E-state index contributed by atoms with van der Waals surface area (Å²) < 4.78 is 11.4. The summed E-state index contributed by atoms with van der Waals surface area (Å²) in [7, 11) is 0. The maximum atomic E-state index is 6.00. The Morgan fingerprint density at radius 3 is 2.55 bits per heavy atom. The number of benzene rings is 2. The maximum Gasteiger partial charge on any atom is 0.119 e. The Morgan fingerprint density at radius 1 is 1.03 bits per heavy atom. The van der Waals surface area contributed by atoms with Crippen LogP contribution >= 0.6 is 23.1 Å². The fourth-order valence-corrected chi connectivity index (χ4v) is 5.24. The van der Waals surface area contributed by atoms with E-state index in [1.165, 1.54) is 20.9 Å². The molecule has 4 rings (SSSR count). The molecule has 29 heavy (non-hydrogen) atoms. The Kier molecular flexibility index (Phi) is 7.28. The summed E-state index contributed by atoms with van der Waals surface area (Å²) in [6.45, 7) is 5.32. The first kappa shape index (κ1) is 20.5. The largest absolute Gasteiger partial charge is 0.492 e. The van der Waals surface area contributed by atoms with Gasteiger partial charge >= 0.3 is 0 Å². The lowest BCUT2D eigenvalue weighted by Crippen LogP contribution is -2.38. The Morgan fingerprint density at radius 2 is 1.83 bits per heavy atom. The van der Waals surface area contributed by atoms with E-state index < -0.39 is 0 Å². The molecule has 0 N–H and O–H groups in total. The zero-order valence-electron chi connectivity index (χ0n) is 16.8. The SMILES string of the molecule is CSc1ccccc1C(c1ccc(OCCN2CCOCC2)cc1)c1cccs1. The third-order valence-corrected chi connectivity index (χ3v) is 7.02. The molecule has 1 fully saturated rings. The highest BCUT2D eigenvalue weighted by molar-refractivity contribution is 7.98. The molecule has 3 nitrogen and oxygen atoms in total. The summed E-state index contributed by atoms with van der Waals surface area (Å²) in [5.74, 6) is 1.19. The molecular weight excluding hydrogens is 398 g/mol. The second-order valence-electron chi connectivity index (χ2n) is 7.06. The van der Waals surface area contributed by atoms with Crippen molar-refractivity contribution in [1.82, 2.24) is 4.90 Å². The number of nitrogens with zero attached hydrogens (tertiary/aromatic N) is 1. The van der Waals surface area contributed by atoms with E-state index in [0.29, 0.717) is 6.61 Å². The molecule has 3 aromatic rings. The topological polar surface area (TPSA) is 21.7 Å². The molecule has 2 aromatic carbocycles. The van der Waals surface area contributed by atoms with Crippen molar-refractivity contribution in [3.8, 4) is 5.75 Å². The van der Waals surface area contributed by atoms with Crippen molar-refractivity contribution in [3.05, 3.63) is 82.0 Å². The van der Waals surface area contributed by atoms with Gasteiger partial charge in [-0.15, -0.1) is 23.1 Å². The van der Waals surface area contributed by atoms with Gasteiger partial charge in [0.15, 0.2) is 0 Å². The van der Waals surface area contributed by atoms with E-state index in [9.17, 15) is 0 Å². The number of thiophene rings is 1. The van der Waals surface area contributed by atoms with Gasteiger partial charge in [-0.2, -0.15) is 0 Å². The maximum absolute atomic E-state index is 6.00. The van der Waals surface area contributed by atoms with E-state index in [-0.39, 0.29) is 5.92 Å². The van der Waals surface area contributed by atoms with Gasteiger partial charge in [-0.05, 0) is 47.0 Å². The number of rotatable bonds is 8. The molecule has 5 heteroatoms. The zero-order chi connectivity index (χ0) is 19.9. The van der Waals surface area contributed by atoms with E-state index in [4.69, 9.17) is 9.47 Å². The first-order valence-corrected chi connectivity index (χ1v) is 12.1. The van der Waals surface area contributed by atoms with Gasteiger partial charge in [0.1, 0.15) is 12.4 Å². The monoisotopic (exact) mass is 425 g/mol. The average molecular weight is 426 g/mol. The van der Waals surface area contributed by atoms with Crippen molar-refractivity contribution >= 4 is 23.1 Å². The van der Waals surface area contributed by atoms with Crippen LogP contribution in [-0.4, -0.2) is 50.6 Å². The van der Waals surface area contributed by atoms with E-state index >= 15 is 0 Å². The van der Waals surface area contributed by atoms with Gasteiger partial charge in [-0.25, -0.2) is 0 Å². The van der Waals surface area contributed by atoms with Gasteiger partial charge in [0.25, 0.3) is 0 Å². The van der Waals surface area contributed by atoms with Crippen LogP contribution in [0.25, 0.3) is 0 Å². The summed E-state index contributed by atoms with van der Waals surface area (Å²) in [6.07, 6.45) is 2.15. The van der Waals surface area contributed by atoms with Gasteiger partial charge < -0.3 is 9.47 Å². The highest BCUT2D eigenvalue weighted by atomic mass is 32.2. The first-order chi connectivity index (χ1) is 14.3. The van der Waals surface area contributed by atoms with Crippen LogP contribution in [0.3, 0.4) is 0 Å². The Bertz CT molecular complexity index is 874. The van der Waals surface area contributed by atoms with Crippen LogP contribution in [0.1, 0.15) is 21.9 Å². The van der Waals surface area contributed by atoms with Crippen molar-refractivity contribution in [2.45, 2.75) is 10.8 Å². The molecule has 1 saturated heterocycles. The quantitative estimate of drug-likeness (QED) is 0.453. The van der Waals surface area contributed by atoms with Crippen LogP contribution in [-0.2, 0) is 4.74 Å². The fourth-order valence-electron chi connectivity index (χ4n) is 3.73. The van der Waals surface area contributed by atoms with Crippen LogP contribution in [0.15, 0.2) is 70.9 Å². The second kappa shape index (κ2) is 10.3. The molecule has 1 atom stereocenters. The normalized spacial score (nSPS) is 15.9. The Labute approximate surface area is 181 Å². The van der Waals surface area contributed by atoms with E-state index in [1.807, 2.05) is 23.1 Å². The molecule has 0 radical (unpaired) electrons. The number of thioether (sulfide) groups is 1. The van der Waals surface area contributed by atoms with Crippen molar-refractivity contribution in [1.29, 1.82) is 0 Å². The lowest BCUT2D eigenvalue weighted by molar-refractivity contribution is 0.0322. The van der Waals surface area contributed by atoms with Crippen LogP contribution in [0.5, 0.6) is 5.75 Å². The second-order valence-corrected chi connectivity index (χ2v) is 8.89. The first-order valence-electron chi connectivity index (χ1n) is 10.0. The van der Waals surface area contributed by atoms with Gasteiger partial charge in [-0.3, -0.25) is 4.90 Å². The molecule has 0 aliphatic carbocycles. The molecular formula is C24H27NO2S2.